The van der Waals surface area contributed by atoms with E-state index in [2.05, 4.69) is 12.3 Å². The molecule has 0 aliphatic rings. The molecule has 0 bridgehead atoms. The predicted octanol–water partition coefficient (Wildman–Crippen LogP) is 2.41. The van der Waals surface area contributed by atoms with E-state index in [0.717, 1.165) is 12.8 Å². The van der Waals surface area contributed by atoms with Crippen LogP contribution in [0.2, 0.25) is 0 Å². The van der Waals surface area contributed by atoms with E-state index in [1.807, 2.05) is 13.8 Å². The Kier molecular flexibility index (Phi) is 6.56. The number of aliphatic hydroxyl groups excluding tert-OH is 1. The van der Waals surface area contributed by atoms with Gasteiger partial charge in [0.2, 0.25) is 0 Å². The van der Waals surface area contributed by atoms with E-state index in [1.54, 1.807) is 6.08 Å². The Bertz CT molecular complexity index is 186. The first-order valence-electron chi connectivity index (χ1n) is 5.35. The zero-order chi connectivity index (χ0) is 11.0. The maximum atomic E-state index is 10.2. The summed E-state index contributed by atoms with van der Waals surface area (Å²) in [6.45, 7) is 7.45. The van der Waals surface area contributed by atoms with Gasteiger partial charge in [0.1, 0.15) is 0 Å². The van der Waals surface area contributed by atoms with Crippen molar-refractivity contribution in [3.8, 4) is 0 Å². The summed E-state index contributed by atoms with van der Waals surface area (Å²) in [5.74, 6) is 0. The van der Waals surface area contributed by atoms with Crippen molar-refractivity contribution in [1.29, 1.82) is 0 Å². The molecule has 0 amide bonds. The molecule has 0 saturated heterocycles. The van der Waals surface area contributed by atoms with E-state index in [4.69, 9.17) is 0 Å². The Balaban J connectivity index is 4.36. The summed E-state index contributed by atoms with van der Waals surface area (Å²) in [7, 11) is 0. The highest BCUT2D eigenvalue weighted by Gasteiger charge is 2.32. The largest absolute Gasteiger partial charge is 0.390 e. The molecule has 0 aromatic carbocycles. The van der Waals surface area contributed by atoms with Crippen molar-refractivity contribution >= 4 is 0 Å². The minimum Gasteiger partial charge on any atom is -0.390 e. The van der Waals surface area contributed by atoms with E-state index in [0.29, 0.717) is 19.3 Å². The van der Waals surface area contributed by atoms with Crippen LogP contribution in [0.5, 0.6) is 0 Å². The maximum Gasteiger partial charge on any atom is 0.0908 e. The van der Waals surface area contributed by atoms with Crippen LogP contribution >= 0.6 is 0 Å². The average molecular weight is 198 g/mol. The van der Waals surface area contributed by atoms with Gasteiger partial charge in [0, 0.05) is 6.42 Å². The SMILES string of the molecule is C=C=CCC(O)C(O)(CCC)CCC. The fourth-order valence-corrected chi connectivity index (χ4v) is 1.74. The molecule has 0 aromatic rings. The molecule has 82 valence electrons. The standard InChI is InChI=1S/C12H22O2/c1-4-7-8-11(13)12(14,9-5-2)10-6-3/h7,11,13-14H,1,5-6,8-10H2,2-3H3. The van der Waals surface area contributed by atoms with Gasteiger partial charge in [-0.05, 0) is 18.9 Å². The molecule has 0 rings (SSSR count). The minimum atomic E-state index is -0.934. The lowest BCUT2D eigenvalue weighted by molar-refractivity contribution is -0.0847. The van der Waals surface area contributed by atoms with E-state index in [1.165, 1.54) is 0 Å². The monoisotopic (exact) mass is 198 g/mol. The van der Waals surface area contributed by atoms with Gasteiger partial charge in [0.05, 0.1) is 11.7 Å². The molecule has 0 heterocycles. The van der Waals surface area contributed by atoms with Crippen LogP contribution in [-0.2, 0) is 0 Å². The van der Waals surface area contributed by atoms with Gasteiger partial charge in [-0.3, -0.25) is 0 Å². The molecular weight excluding hydrogens is 176 g/mol. The molecule has 1 atom stereocenters. The van der Waals surface area contributed by atoms with Gasteiger partial charge < -0.3 is 10.2 Å². The number of hydrogen-bond donors (Lipinski definition) is 2. The summed E-state index contributed by atoms with van der Waals surface area (Å²) in [4.78, 5) is 0. The van der Waals surface area contributed by atoms with E-state index in [-0.39, 0.29) is 0 Å². The van der Waals surface area contributed by atoms with Crippen molar-refractivity contribution in [2.24, 2.45) is 0 Å². The Morgan fingerprint density at radius 3 is 2.21 bits per heavy atom. The summed E-state index contributed by atoms with van der Waals surface area (Å²) < 4.78 is 0. The molecule has 0 aromatic heterocycles. The van der Waals surface area contributed by atoms with Crippen LogP contribution in [0.3, 0.4) is 0 Å². The van der Waals surface area contributed by atoms with Crippen LogP contribution in [-0.4, -0.2) is 21.9 Å². The third-order valence-electron chi connectivity index (χ3n) is 2.47. The molecule has 2 nitrogen and oxygen atoms in total. The van der Waals surface area contributed by atoms with Gasteiger partial charge in [0.25, 0.3) is 0 Å². The predicted molar refractivity (Wildman–Crippen MR) is 59.1 cm³/mol. The molecule has 2 N–H and O–H groups in total. The lowest BCUT2D eigenvalue weighted by Crippen LogP contribution is -2.41. The van der Waals surface area contributed by atoms with Crippen LogP contribution in [0, 0.1) is 0 Å². The molecule has 0 aliphatic carbocycles. The van der Waals surface area contributed by atoms with Crippen molar-refractivity contribution in [3.05, 3.63) is 18.4 Å². The second-order valence-corrected chi connectivity index (χ2v) is 3.76. The summed E-state index contributed by atoms with van der Waals surface area (Å²) in [5, 5.41) is 20.0. The molecule has 0 spiro atoms. The van der Waals surface area contributed by atoms with Crippen LogP contribution in [0.1, 0.15) is 46.0 Å². The zero-order valence-electron chi connectivity index (χ0n) is 9.29. The number of aliphatic hydroxyl groups is 2. The molecule has 0 radical (unpaired) electrons. The highest BCUT2D eigenvalue weighted by atomic mass is 16.3. The highest BCUT2D eigenvalue weighted by molar-refractivity contribution is 4.91. The first-order valence-corrected chi connectivity index (χ1v) is 5.35. The van der Waals surface area contributed by atoms with Crippen molar-refractivity contribution < 1.29 is 10.2 Å². The van der Waals surface area contributed by atoms with Gasteiger partial charge in [-0.2, -0.15) is 0 Å². The van der Waals surface area contributed by atoms with Crippen molar-refractivity contribution in [2.45, 2.75) is 57.7 Å². The fourth-order valence-electron chi connectivity index (χ4n) is 1.74. The van der Waals surface area contributed by atoms with E-state index in [9.17, 15) is 10.2 Å². The van der Waals surface area contributed by atoms with Crippen molar-refractivity contribution in [3.63, 3.8) is 0 Å². The summed E-state index contributed by atoms with van der Waals surface area (Å²) in [6.07, 6.45) is 4.45. The average Bonchev–Trinajstić information content (AvgIpc) is 2.15. The van der Waals surface area contributed by atoms with Gasteiger partial charge >= 0.3 is 0 Å². The molecule has 14 heavy (non-hydrogen) atoms. The quantitative estimate of drug-likeness (QED) is 0.617. The number of hydrogen-bond acceptors (Lipinski definition) is 2. The Morgan fingerprint density at radius 2 is 1.86 bits per heavy atom. The second-order valence-electron chi connectivity index (χ2n) is 3.76. The number of rotatable bonds is 7. The molecule has 0 saturated carbocycles. The molecule has 0 aliphatic heterocycles. The Hall–Kier alpha value is -0.560. The topological polar surface area (TPSA) is 40.5 Å². The highest BCUT2D eigenvalue weighted by Crippen LogP contribution is 2.25. The zero-order valence-corrected chi connectivity index (χ0v) is 9.29. The Labute approximate surface area is 87.0 Å². The lowest BCUT2D eigenvalue weighted by Gasteiger charge is -2.32. The third-order valence-corrected chi connectivity index (χ3v) is 2.47. The molecule has 1 unspecified atom stereocenters. The van der Waals surface area contributed by atoms with Gasteiger partial charge in [-0.15, -0.1) is 5.73 Å². The van der Waals surface area contributed by atoms with Crippen LogP contribution in [0.4, 0.5) is 0 Å². The lowest BCUT2D eigenvalue weighted by atomic mass is 9.85. The molecule has 0 fully saturated rings. The van der Waals surface area contributed by atoms with Gasteiger partial charge in [0.15, 0.2) is 0 Å². The van der Waals surface area contributed by atoms with Crippen LogP contribution in [0.25, 0.3) is 0 Å². The van der Waals surface area contributed by atoms with Crippen molar-refractivity contribution in [2.75, 3.05) is 0 Å². The first kappa shape index (κ1) is 13.4. The summed E-state index contributed by atoms with van der Waals surface area (Å²) >= 11 is 0. The van der Waals surface area contributed by atoms with E-state index < -0.39 is 11.7 Å². The maximum absolute atomic E-state index is 10.2. The summed E-state index contributed by atoms with van der Waals surface area (Å²) in [5.41, 5.74) is 1.68. The first-order chi connectivity index (χ1) is 6.60. The van der Waals surface area contributed by atoms with Crippen LogP contribution in [0.15, 0.2) is 18.4 Å². The summed E-state index contributed by atoms with van der Waals surface area (Å²) in [6, 6.07) is 0. The second kappa shape index (κ2) is 6.83. The smallest absolute Gasteiger partial charge is 0.0908 e. The third kappa shape index (κ3) is 4.10. The minimum absolute atomic E-state index is 0.431. The van der Waals surface area contributed by atoms with E-state index >= 15 is 0 Å². The van der Waals surface area contributed by atoms with Crippen LogP contribution < -0.4 is 0 Å². The van der Waals surface area contributed by atoms with Gasteiger partial charge in [-0.1, -0.05) is 33.3 Å². The fraction of sp³-hybridized carbons (Fsp3) is 0.750. The molecule has 2 heteroatoms. The normalized spacial score (nSPS) is 13.4. The van der Waals surface area contributed by atoms with Gasteiger partial charge in [-0.25, -0.2) is 0 Å². The molecular formula is C12H22O2. The van der Waals surface area contributed by atoms with Crippen molar-refractivity contribution in [1.82, 2.24) is 0 Å². The Morgan fingerprint density at radius 1 is 1.36 bits per heavy atom.